The monoisotopic (exact) mass is 345 g/mol. The molecular formula is C16H18F3NO2S. The van der Waals surface area contributed by atoms with Crippen LogP contribution < -0.4 is 9.64 Å². The summed E-state index contributed by atoms with van der Waals surface area (Å²) in [6, 6.07) is 5.40. The number of halogens is 3. The molecule has 3 nitrogen and oxygen atoms in total. The van der Waals surface area contributed by atoms with Crippen LogP contribution in [0.4, 0.5) is 18.9 Å². The molecule has 3 rings (SSSR count). The van der Waals surface area contributed by atoms with Crippen molar-refractivity contribution in [1.29, 1.82) is 0 Å². The highest BCUT2D eigenvalue weighted by Gasteiger charge is 2.51. The summed E-state index contributed by atoms with van der Waals surface area (Å²) in [5.41, 5.74) is 0.221. The second kappa shape index (κ2) is 5.92. The van der Waals surface area contributed by atoms with Gasteiger partial charge in [0.2, 0.25) is 5.91 Å². The number of benzene rings is 1. The first-order valence-electron chi connectivity index (χ1n) is 7.68. The zero-order valence-corrected chi connectivity index (χ0v) is 13.4. The maximum Gasteiger partial charge on any atom is 0.573 e. The Morgan fingerprint density at radius 3 is 2.30 bits per heavy atom. The molecule has 1 aromatic rings. The average Bonchev–Trinajstić information content (AvgIpc) is 2.70. The molecule has 1 atom stereocenters. The minimum atomic E-state index is -4.72. The predicted molar refractivity (Wildman–Crippen MR) is 83.5 cm³/mol. The number of amides is 1. The molecular weight excluding hydrogens is 327 g/mol. The molecule has 1 heterocycles. The van der Waals surface area contributed by atoms with Crippen molar-refractivity contribution in [2.75, 3.05) is 4.90 Å². The standard InChI is InChI=1S/C16H18F3NO2S/c17-16(18,19)22-12-6-4-11(5-7-12)20-13(23)10-15(14(20)21)8-2-1-3-9-15/h4-7,13,23H,1-3,8-10H2. The van der Waals surface area contributed by atoms with E-state index in [1.165, 1.54) is 24.3 Å². The van der Waals surface area contributed by atoms with Gasteiger partial charge in [-0.25, -0.2) is 0 Å². The molecule has 7 heteroatoms. The molecule has 1 aliphatic heterocycles. The van der Waals surface area contributed by atoms with E-state index in [9.17, 15) is 18.0 Å². The van der Waals surface area contributed by atoms with E-state index in [1.54, 1.807) is 4.90 Å². The summed E-state index contributed by atoms with van der Waals surface area (Å²) in [6.45, 7) is 0. The second-order valence-corrected chi connectivity index (χ2v) is 6.84. The molecule has 1 saturated heterocycles. The lowest BCUT2D eigenvalue weighted by Crippen LogP contribution is -2.37. The van der Waals surface area contributed by atoms with E-state index in [0.29, 0.717) is 12.1 Å². The van der Waals surface area contributed by atoms with E-state index in [1.807, 2.05) is 0 Å². The van der Waals surface area contributed by atoms with Gasteiger partial charge in [0.15, 0.2) is 0 Å². The van der Waals surface area contributed by atoms with Crippen molar-refractivity contribution >= 4 is 24.2 Å². The molecule has 1 saturated carbocycles. The lowest BCUT2D eigenvalue weighted by Gasteiger charge is -2.31. The Labute approximate surface area is 138 Å². The van der Waals surface area contributed by atoms with Gasteiger partial charge in [-0.05, 0) is 43.5 Å². The predicted octanol–water partition coefficient (Wildman–Crippen LogP) is 4.53. The van der Waals surface area contributed by atoms with Gasteiger partial charge in [0, 0.05) is 5.69 Å². The zero-order chi connectivity index (χ0) is 16.7. The van der Waals surface area contributed by atoms with Gasteiger partial charge in [-0.15, -0.1) is 13.2 Å². The van der Waals surface area contributed by atoms with Crippen molar-refractivity contribution in [3.05, 3.63) is 24.3 Å². The number of rotatable bonds is 2. The first kappa shape index (κ1) is 16.5. The van der Waals surface area contributed by atoms with Gasteiger partial charge in [-0.3, -0.25) is 9.69 Å². The first-order chi connectivity index (χ1) is 10.8. The van der Waals surface area contributed by atoms with Crippen molar-refractivity contribution in [3.8, 4) is 5.75 Å². The number of thiol groups is 1. The van der Waals surface area contributed by atoms with Crippen molar-refractivity contribution in [2.45, 2.75) is 50.3 Å². The minimum absolute atomic E-state index is 0.0432. The number of hydrogen-bond acceptors (Lipinski definition) is 3. The number of carbonyl (C=O) groups excluding carboxylic acids is 1. The number of anilines is 1. The number of carbonyl (C=O) groups is 1. The molecule has 23 heavy (non-hydrogen) atoms. The Bertz CT molecular complexity index is 582. The molecule has 0 N–H and O–H groups in total. The van der Waals surface area contributed by atoms with Gasteiger partial charge >= 0.3 is 6.36 Å². The largest absolute Gasteiger partial charge is 0.573 e. The van der Waals surface area contributed by atoms with E-state index < -0.39 is 6.36 Å². The normalized spacial score (nSPS) is 24.3. The molecule has 0 radical (unpaired) electrons. The van der Waals surface area contributed by atoms with Crippen LogP contribution in [0.25, 0.3) is 0 Å². The Morgan fingerprint density at radius 1 is 1.13 bits per heavy atom. The summed E-state index contributed by atoms with van der Waals surface area (Å²) in [6.07, 6.45) is 0.939. The maximum absolute atomic E-state index is 12.9. The van der Waals surface area contributed by atoms with Crippen LogP contribution in [0.1, 0.15) is 38.5 Å². The van der Waals surface area contributed by atoms with E-state index in [2.05, 4.69) is 17.4 Å². The van der Waals surface area contributed by atoms with Crippen molar-refractivity contribution < 1.29 is 22.7 Å². The molecule has 1 aliphatic carbocycles. The molecule has 1 spiro atoms. The van der Waals surface area contributed by atoms with Crippen molar-refractivity contribution in [3.63, 3.8) is 0 Å². The third-order valence-electron chi connectivity index (χ3n) is 4.70. The van der Waals surface area contributed by atoms with Crippen LogP contribution in [0.3, 0.4) is 0 Å². The second-order valence-electron chi connectivity index (χ2n) is 6.24. The molecule has 0 aromatic heterocycles. The SMILES string of the molecule is O=C1N(c2ccc(OC(F)(F)F)cc2)C(S)CC12CCCCC2. The fourth-order valence-corrected chi connectivity index (χ4v) is 4.25. The lowest BCUT2D eigenvalue weighted by molar-refractivity contribution is -0.274. The minimum Gasteiger partial charge on any atom is -0.406 e. The van der Waals surface area contributed by atoms with Gasteiger partial charge in [0.1, 0.15) is 5.75 Å². The quantitative estimate of drug-likeness (QED) is 0.798. The number of hydrogen-bond donors (Lipinski definition) is 1. The summed E-state index contributed by atoms with van der Waals surface area (Å²) in [7, 11) is 0. The number of nitrogens with zero attached hydrogens (tertiary/aromatic N) is 1. The third-order valence-corrected chi connectivity index (χ3v) is 5.12. The van der Waals surface area contributed by atoms with E-state index >= 15 is 0 Å². The topological polar surface area (TPSA) is 29.5 Å². The molecule has 1 amide bonds. The lowest BCUT2D eigenvalue weighted by atomic mass is 9.73. The maximum atomic E-state index is 12.9. The summed E-state index contributed by atoms with van der Waals surface area (Å²) < 4.78 is 40.5. The number of alkyl halides is 3. The molecule has 2 fully saturated rings. The van der Waals surface area contributed by atoms with Crippen molar-refractivity contribution in [2.24, 2.45) is 5.41 Å². The van der Waals surface area contributed by atoms with Crippen LogP contribution in [0.5, 0.6) is 5.75 Å². The van der Waals surface area contributed by atoms with Crippen LogP contribution in [-0.2, 0) is 4.79 Å². The summed E-state index contributed by atoms with van der Waals surface area (Å²) in [5, 5.41) is -0.241. The molecule has 1 unspecified atom stereocenters. The fourth-order valence-electron chi connectivity index (χ4n) is 3.66. The van der Waals surface area contributed by atoms with Gasteiger partial charge in [0.05, 0.1) is 10.8 Å². The van der Waals surface area contributed by atoms with E-state index in [0.717, 1.165) is 32.1 Å². The van der Waals surface area contributed by atoms with Crippen LogP contribution in [0.15, 0.2) is 24.3 Å². The average molecular weight is 345 g/mol. The fraction of sp³-hybridized carbons (Fsp3) is 0.562. The smallest absolute Gasteiger partial charge is 0.406 e. The molecule has 2 aliphatic rings. The van der Waals surface area contributed by atoms with Crippen molar-refractivity contribution in [1.82, 2.24) is 0 Å². The van der Waals surface area contributed by atoms with E-state index in [4.69, 9.17) is 0 Å². The Kier molecular flexibility index (Phi) is 4.25. The van der Waals surface area contributed by atoms with Gasteiger partial charge in [0.25, 0.3) is 0 Å². The molecule has 0 bridgehead atoms. The number of ether oxygens (including phenoxy) is 1. The highest BCUT2D eigenvalue weighted by atomic mass is 32.1. The summed E-state index contributed by atoms with van der Waals surface area (Å²) in [4.78, 5) is 14.5. The Balaban J connectivity index is 1.80. The third kappa shape index (κ3) is 3.29. The molecule has 126 valence electrons. The first-order valence-corrected chi connectivity index (χ1v) is 8.20. The van der Waals surface area contributed by atoms with Gasteiger partial charge < -0.3 is 4.74 Å². The van der Waals surface area contributed by atoms with Crippen LogP contribution in [0, 0.1) is 5.41 Å². The van der Waals surface area contributed by atoms with Crippen LogP contribution >= 0.6 is 12.6 Å². The molecule has 1 aromatic carbocycles. The van der Waals surface area contributed by atoms with Crippen LogP contribution in [-0.4, -0.2) is 17.6 Å². The van der Waals surface area contributed by atoms with Gasteiger partial charge in [-0.1, -0.05) is 19.3 Å². The highest BCUT2D eigenvalue weighted by Crippen LogP contribution is 2.49. The Hall–Kier alpha value is -1.37. The van der Waals surface area contributed by atoms with Gasteiger partial charge in [-0.2, -0.15) is 12.6 Å². The Morgan fingerprint density at radius 2 is 1.74 bits per heavy atom. The van der Waals surface area contributed by atoms with E-state index in [-0.39, 0.29) is 22.4 Å². The summed E-state index contributed by atoms with van der Waals surface area (Å²) >= 11 is 4.53. The zero-order valence-electron chi connectivity index (χ0n) is 12.5. The van der Waals surface area contributed by atoms with Crippen LogP contribution in [0.2, 0.25) is 0 Å². The summed E-state index contributed by atoms with van der Waals surface area (Å²) in [5.74, 6) is -0.252. The highest BCUT2D eigenvalue weighted by molar-refractivity contribution is 7.81.